The summed E-state index contributed by atoms with van der Waals surface area (Å²) >= 11 is 1.55. The van der Waals surface area contributed by atoms with E-state index < -0.39 is 47.9 Å². The molecule has 0 rings (SSSR count). The molecule has 0 spiro atoms. The quantitative estimate of drug-likeness (QED) is 0.0425. The van der Waals surface area contributed by atoms with Gasteiger partial charge in [-0.1, -0.05) is 13.8 Å². The van der Waals surface area contributed by atoms with Crippen molar-refractivity contribution in [2.24, 2.45) is 44.6 Å². The van der Waals surface area contributed by atoms with Gasteiger partial charge in [-0.15, -0.1) is 0 Å². The summed E-state index contributed by atoms with van der Waals surface area (Å²) in [4.78, 5) is 58.3. The fraction of sp³-hybridized carbons (Fsp3) is 0.739. The maximum Gasteiger partial charge on any atom is 0.326 e. The lowest BCUT2D eigenvalue weighted by atomic mass is 10.0. The first-order valence-corrected chi connectivity index (χ1v) is 14.2. The zero-order valence-electron chi connectivity index (χ0n) is 23.0. The van der Waals surface area contributed by atoms with Gasteiger partial charge in [0, 0.05) is 13.1 Å². The summed E-state index contributed by atoms with van der Waals surface area (Å²) in [6, 6.07) is -4.07. The number of carboxylic acids is 1. The number of nitrogens with two attached hydrogens (primary N) is 5. The standard InChI is InChI=1S/C23H46N10O5S/c1-13(2)12-17(33-18(34)14(24)8-11-39-3)20(36)31-15(6-4-9-29-22(25)26)19(35)32-16(21(37)38)7-5-10-30-23(27)28/h13-17H,4-12,24H2,1-3H3,(H,31,36)(H,32,35)(H,33,34)(H,37,38)(H4,25,26,29)(H4,27,28,30). The lowest BCUT2D eigenvalue weighted by molar-refractivity contribution is -0.142. The molecule has 224 valence electrons. The molecular weight excluding hydrogens is 528 g/mol. The van der Waals surface area contributed by atoms with Crippen LogP contribution in [0.4, 0.5) is 0 Å². The fourth-order valence-electron chi connectivity index (χ4n) is 3.44. The number of amides is 3. The van der Waals surface area contributed by atoms with Crippen molar-refractivity contribution < 1.29 is 24.3 Å². The molecule has 0 saturated carbocycles. The molecule has 0 heterocycles. The Labute approximate surface area is 233 Å². The number of hydrogen-bond acceptors (Lipinski definition) is 8. The minimum absolute atomic E-state index is 0.0409. The molecule has 0 aromatic rings. The van der Waals surface area contributed by atoms with E-state index >= 15 is 0 Å². The molecule has 3 amide bonds. The number of rotatable bonds is 20. The van der Waals surface area contributed by atoms with E-state index in [1.54, 1.807) is 11.8 Å². The first kappa shape index (κ1) is 35.7. The third-order valence-corrected chi connectivity index (χ3v) is 6.09. The van der Waals surface area contributed by atoms with Crippen molar-refractivity contribution in [1.82, 2.24) is 16.0 Å². The van der Waals surface area contributed by atoms with Crippen LogP contribution < -0.4 is 44.6 Å². The van der Waals surface area contributed by atoms with E-state index in [0.29, 0.717) is 31.4 Å². The van der Waals surface area contributed by atoms with Crippen molar-refractivity contribution in [3.63, 3.8) is 0 Å². The van der Waals surface area contributed by atoms with Gasteiger partial charge in [-0.25, -0.2) is 4.79 Å². The monoisotopic (exact) mass is 574 g/mol. The van der Waals surface area contributed by atoms with Gasteiger partial charge >= 0.3 is 5.97 Å². The summed E-state index contributed by atoms with van der Waals surface area (Å²) in [5.41, 5.74) is 27.2. The first-order chi connectivity index (χ1) is 18.3. The third-order valence-electron chi connectivity index (χ3n) is 5.45. The second-order valence-electron chi connectivity index (χ2n) is 9.44. The molecule has 0 bridgehead atoms. The SMILES string of the molecule is CSCCC(N)C(=O)NC(CC(C)C)C(=O)NC(CCCN=C(N)N)C(=O)NC(CCCN=C(N)N)C(=O)O. The molecule has 4 atom stereocenters. The number of thioether (sulfide) groups is 1. The van der Waals surface area contributed by atoms with Crippen LogP contribution in [0.25, 0.3) is 0 Å². The highest BCUT2D eigenvalue weighted by Crippen LogP contribution is 2.09. The molecule has 0 aliphatic heterocycles. The van der Waals surface area contributed by atoms with Crippen LogP contribution in [0.5, 0.6) is 0 Å². The highest BCUT2D eigenvalue weighted by atomic mass is 32.2. The zero-order chi connectivity index (χ0) is 30.0. The first-order valence-electron chi connectivity index (χ1n) is 12.8. The summed E-state index contributed by atoms with van der Waals surface area (Å²) < 4.78 is 0. The Hall–Kier alpha value is -3.27. The summed E-state index contributed by atoms with van der Waals surface area (Å²) in [6.07, 6.45) is 3.44. The van der Waals surface area contributed by atoms with Crippen molar-refractivity contribution in [2.75, 3.05) is 25.1 Å². The van der Waals surface area contributed by atoms with E-state index in [0.717, 1.165) is 0 Å². The number of hydrogen-bond donors (Lipinski definition) is 9. The summed E-state index contributed by atoms with van der Waals surface area (Å²) in [5, 5.41) is 17.4. The van der Waals surface area contributed by atoms with Gasteiger partial charge in [0.2, 0.25) is 17.7 Å². The largest absolute Gasteiger partial charge is 0.480 e. The topological polar surface area (TPSA) is 279 Å². The molecule has 0 aliphatic carbocycles. The highest BCUT2D eigenvalue weighted by molar-refractivity contribution is 7.98. The van der Waals surface area contributed by atoms with Crippen molar-refractivity contribution in [1.29, 1.82) is 0 Å². The number of carbonyl (C=O) groups is 4. The highest BCUT2D eigenvalue weighted by Gasteiger charge is 2.30. The molecule has 39 heavy (non-hydrogen) atoms. The molecule has 4 unspecified atom stereocenters. The van der Waals surface area contributed by atoms with Crippen LogP contribution in [0.2, 0.25) is 0 Å². The number of nitrogens with zero attached hydrogens (tertiary/aromatic N) is 2. The molecule has 0 saturated heterocycles. The summed E-state index contributed by atoms with van der Waals surface area (Å²) in [5.74, 6) is -2.52. The van der Waals surface area contributed by atoms with Crippen LogP contribution in [0, 0.1) is 5.92 Å². The zero-order valence-corrected chi connectivity index (χ0v) is 23.8. The molecule has 15 nitrogen and oxygen atoms in total. The Kier molecular flexibility index (Phi) is 18.1. The van der Waals surface area contributed by atoms with Crippen molar-refractivity contribution >= 4 is 47.4 Å². The minimum atomic E-state index is -1.25. The Morgan fingerprint density at radius 1 is 0.769 bits per heavy atom. The summed E-state index contributed by atoms with van der Waals surface area (Å²) in [7, 11) is 0. The van der Waals surface area contributed by atoms with Gasteiger partial charge in [0.1, 0.15) is 18.1 Å². The van der Waals surface area contributed by atoms with E-state index in [4.69, 9.17) is 28.7 Å². The number of guanidine groups is 2. The third kappa shape index (κ3) is 17.0. The normalized spacial score (nSPS) is 13.9. The van der Waals surface area contributed by atoms with E-state index in [9.17, 15) is 24.3 Å². The molecule has 16 heteroatoms. The van der Waals surface area contributed by atoms with E-state index in [1.165, 1.54) is 0 Å². The Morgan fingerprint density at radius 2 is 1.23 bits per heavy atom. The second-order valence-corrected chi connectivity index (χ2v) is 10.4. The summed E-state index contributed by atoms with van der Waals surface area (Å²) in [6.45, 7) is 4.16. The Bertz CT molecular complexity index is 847. The average molecular weight is 575 g/mol. The molecule has 0 aromatic carbocycles. The number of carboxylic acid groups (broad SMARTS) is 1. The van der Waals surface area contributed by atoms with Gasteiger partial charge in [-0.2, -0.15) is 11.8 Å². The Balaban J connectivity index is 5.61. The smallest absolute Gasteiger partial charge is 0.326 e. The van der Waals surface area contributed by atoms with Gasteiger partial charge in [0.25, 0.3) is 0 Å². The number of nitrogens with one attached hydrogen (secondary N) is 3. The van der Waals surface area contributed by atoms with Gasteiger partial charge < -0.3 is 49.7 Å². The predicted molar refractivity (Wildman–Crippen MR) is 154 cm³/mol. The van der Waals surface area contributed by atoms with E-state index in [-0.39, 0.29) is 43.8 Å². The van der Waals surface area contributed by atoms with Crippen LogP contribution in [-0.4, -0.2) is 90.0 Å². The maximum absolute atomic E-state index is 13.2. The van der Waals surface area contributed by atoms with E-state index in [2.05, 4.69) is 25.9 Å². The lowest BCUT2D eigenvalue weighted by Crippen LogP contribution is -2.57. The minimum Gasteiger partial charge on any atom is -0.480 e. The molecule has 0 aliphatic rings. The van der Waals surface area contributed by atoms with Crippen LogP contribution >= 0.6 is 11.8 Å². The Morgan fingerprint density at radius 3 is 1.69 bits per heavy atom. The second kappa shape index (κ2) is 19.7. The van der Waals surface area contributed by atoms with Gasteiger partial charge in [0.05, 0.1) is 6.04 Å². The number of carbonyl (C=O) groups excluding carboxylic acids is 3. The molecule has 0 aromatic heterocycles. The van der Waals surface area contributed by atoms with Crippen molar-refractivity contribution in [3.05, 3.63) is 0 Å². The fourth-order valence-corrected chi connectivity index (χ4v) is 3.93. The molecule has 14 N–H and O–H groups in total. The van der Waals surface area contributed by atoms with Crippen LogP contribution in [0.15, 0.2) is 9.98 Å². The van der Waals surface area contributed by atoms with Gasteiger partial charge in [0.15, 0.2) is 11.9 Å². The van der Waals surface area contributed by atoms with Crippen LogP contribution in [0.1, 0.15) is 52.4 Å². The van der Waals surface area contributed by atoms with Crippen molar-refractivity contribution in [3.8, 4) is 0 Å². The van der Waals surface area contributed by atoms with Crippen molar-refractivity contribution in [2.45, 2.75) is 76.5 Å². The molecule has 0 radical (unpaired) electrons. The van der Waals surface area contributed by atoms with Gasteiger partial charge in [-0.3, -0.25) is 24.4 Å². The number of aliphatic imine (C=N–C) groups is 2. The lowest BCUT2D eigenvalue weighted by Gasteiger charge is -2.26. The maximum atomic E-state index is 13.2. The number of aliphatic carboxylic acids is 1. The van der Waals surface area contributed by atoms with Crippen LogP contribution in [-0.2, 0) is 19.2 Å². The molecular formula is C23H46N10O5S. The molecule has 0 fully saturated rings. The average Bonchev–Trinajstić information content (AvgIpc) is 2.84. The predicted octanol–water partition coefficient (Wildman–Crippen LogP) is -2.24. The van der Waals surface area contributed by atoms with Gasteiger partial charge in [-0.05, 0) is 56.5 Å². The van der Waals surface area contributed by atoms with E-state index in [1.807, 2.05) is 20.1 Å². The van der Waals surface area contributed by atoms with Crippen LogP contribution in [0.3, 0.4) is 0 Å².